The van der Waals surface area contributed by atoms with Gasteiger partial charge in [-0.2, -0.15) is 0 Å². The Hall–Kier alpha value is -3.67. The highest BCUT2D eigenvalue weighted by atomic mass is 16.6. The lowest BCUT2D eigenvalue weighted by Crippen LogP contribution is -2.30. The van der Waals surface area contributed by atoms with Gasteiger partial charge in [0.25, 0.3) is 0 Å². The van der Waals surface area contributed by atoms with E-state index in [1.165, 1.54) is 89.9 Å². The van der Waals surface area contributed by atoms with Crippen LogP contribution >= 0.6 is 0 Å². The molecule has 0 amide bonds. The van der Waals surface area contributed by atoms with E-state index in [-0.39, 0.29) is 31.1 Å². The number of hydrogen-bond donors (Lipinski definition) is 0. The van der Waals surface area contributed by atoms with Crippen LogP contribution in [0.4, 0.5) is 0 Å². The fraction of sp³-hybridized carbons (Fsp3) is 0.698. The number of allylic oxidation sites excluding steroid dienone is 16. The minimum absolute atomic E-state index is 0.0869. The van der Waals surface area contributed by atoms with Gasteiger partial charge in [0, 0.05) is 19.3 Å². The van der Waals surface area contributed by atoms with Gasteiger partial charge >= 0.3 is 17.9 Å². The molecule has 0 N–H and O–H groups in total. The van der Waals surface area contributed by atoms with Gasteiger partial charge in [-0.3, -0.25) is 14.4 Å². The predicted octanol–water partition coefficient (Wildman–Crippen LogP) is 19.3. The molecular weight excluding hydrogens is 853 g/mol. The first-order valence-corrected chi connectivity index (χ1v) is 28.7. The van der Waals surface area contributed by atoms with Gasteiger partial charge in [0.2, 0.25) is 0 Å². The highest BCUT2D eigenvalue weighted by Crippen LogP contribution is 2.14. The van der Waals surface area contributed by atoms with E-state index in [4.69, 9.17) is 14.2 Å². The lowest BCUT2D eigenvalue weighted by molar-refractivity contribution is -0.167. The Balaban J connectivity index is 4.34. The van der Waals surface area contributed by atoms with Crippen molar-refractivity contribution < 1.29 is 28.6 Å². The van der Waals surface area contributed by atoms with Crippen LogP contribution in [0, 0.1) is 0 Å². The molecule has 69 heavy (non-hydrogen) atoms. The summed E-state index contributed by atoms with van der Waals surface area (Å²) in [6, 6.07) is 0. The third-order valence-corrected chi connectivity index (χ3v) is 12.1. The first-order valence-electron chi connectivity index (χ1n) is 28.7. The first kappa shape index (κ1) is 65.3. The molecule has 0 saturated heterocycles. The van der Waals surface area contributed by atoms with Crippen LogP contribution in [-0.4, -0.2) is 37.2 Å². The second kappa shape index (κ2) is 56.9. The number of unbranched alkanes of at least 4 members (excludes halogenated alkanes) is 24. The molecule has 0 saturated carbocycles. The Morgan fingerprint density at radius 1 is 0.304 bits per heavy atom. The van der Waals surface area contributed by atoms with Crippen molar-refractivity contribution in [2.45, 2.75) is 271 Å². The van der Waals surface area contributed by atoms with Crippen LogP contribution in [-0.2, 0) is 28.6 Å². The molecule has 0 rings (SSSR count). The van der Waals surface area contributed by atoms with Crippen molar-refractivity contribution in [1.29, 1.82) is 0 Å². The van der Waals surface area contributed by atoms with Crippen LogP contribution < -0.4 is 0 Å². The smallest absolute Gasteiger partial charge is 0.306 e. The number of hydrogen-bond acceptors (Lipinski definition) is 6. The summed E-state index contributed by atoms with van der Waals surface area (Å²) in [5.74, 6) is -0.915. The Kier molecular flexibility index (Phi) is 53.9. The Morgan fingerprint density at radius 3 is 0.899 bits per heavy atom. The molecule has 0 heterocycles. The van der Waals surface area contributed by atoms with Crippen molar-refractivity contribution in [3.8, 4) is 0 Å². The topological polar surface area (TPSA) is 78.9 Å². The van der Waals surface area contributed by atoms with Gasteiger partial charge in [0.05, 0.1) is 0 Å². The second-order valence-electron chi connectivity index (χ2n) is 18.8. The van der Waals surface area contributed by atoms with Crippen molar-refractivity contribution in [3.05, 3.63) is 97.2 Å². The number of carbonyl (C=O) groups excluding carboxylic acids is 3. The van der Waals surface area contributed by atoms with E-state index in [1.54, 1.807) is 0 Å². The second-order valence-corrected chi connectivity index (χ2v) is 18.8. The molecule has 0 spiro atoms. The molecule has 394 valence electrons. The van der Waals surface area contributed by atoms with Crippen LogP contribution in [0.2, 0.25) is 0 Å². The van der Waals surface area contributed by atoms with Crippen molar-refractivity contribution in [1.82, 2.24) is 0 Å². The van der Waals surface area contributed by atoms with E-state index < -0.39 is 6.10 Å². The maximum atomic E-state index is 12.8. The summed E-state index contributed by atoms with van der Waals surface area (Å²) in [5, 5.41) is 0. The van der Waals surface area contributed by atoms with E-state index in [0.717, 1.165) is 135 Å². The molecule has 1 atom stereocenters. The van der Waals surface area contributed by atoms with Gasteiger partial charge in [-0.1, -0.05) is 240 Å². The van der Waals surface area contributed by atoms with Gasteiger partial charge in [-0.25, -0.2) is 0 Å². The minimum atomic E-state index is -0.790. The van der Waals surface area contributed by atoms with Gasteiger partial charge in [0.15, 0.2) is 6.10 Å². The van der Waals surface area contributed by atoms with E-state index in [1.807, 2.05) is 0 Å². The zero-order chi connectivity index (χ0) is 50.0. The molecular formula is C63H106O6. The minimum Gasteiger partial charge on any atom is -0.462 e. The average molecular weight is 960 g/mol. The van der Waals surface area contributed by atoms with Crippen LogP contribution in [0.3, 0.4) is 0 Å². The first-order chi connectivity index (χ1) is 34.0. The number of ether oxygens (including phenoxy) is 3. The molecule has 0 bridgehead atoms. The summed E-state index contributed by atoms with van der Waals surface area (Å²) in [7, 11) is 0. The summed E-state index contributed by atoms with van der Waals surface area (Å²) in [5.41, 5.74) is 0. The number of carbonyl (C=O) groups is 3. The van der Waals surface area contributed by atoms with Crippen LogP contribution in [0.25, 0.3) is 0 Å². The zero-order valence-electron chi connectivity index (χ0n) is 45.0. The van der Waals surface area contributed by atoms with E-state index in [2.05, 4.69) is 118 Å². The van der Waals surface area contributed by atoms with Gasteiger partial charge in [0.1, 0.15) is 13.2 Å². The normalized spacial score (nSPS) is 12.8. The monoisotopic (exact) mass is 959 g/mol. The summed E-state index contributed by atoms with van der Waals surface area (Å²) < 4.78 is 16.8. The van der Waals surface area contributed by atoms with E-state index in [0.29, 0.717) is 19.3 Å². The van der Waals surface area contributed by atoms with Crippen LogP contribution in [0.5, 0.6) is 0 Å². The van der Waals surface area contributed by atoms with E-state index in [9.17, 15) is 14.4 Å². The molecule has 0 aliphatic carbocycles. The summed E-state index contributed by atoms with van der Waals surface area (Å²) in [6.45, 7) is 6.48. The quantitative estimate of drug-likeness (QED) is 0.0262. The Morgan fingerprint density at radius 2 is 0.565 bits per heavy atom. The maximum absolute atomic E-state index is 12.8. The Labute approximate surface area is 426 Å². The highest BCUT2D eigenvalue weighted by molar-refractivity contribution is 5.71. The van der Waals surface area contributed by atoms with Crippen LogP contribution in [0.15, 0.2) is 97.2 Å². The maximum Gasteiger partial charge on any atom is 0.306 e. The standard InChI is InChI=1S/C63H106O6/c1-4-7-10-13-16-19-22-24-26-28-29-30-31-32-33-34-35-36-38-39-41-44-47-50-53-56-62(65)68-59-60(58-67-61(64)55-52-49-46-43-21-18-15-12-9-6-3)69-63(66)57-54-51-48-45-42-40-37-27-25-23-20-17-14-11-8-5-2/h7,10,16,19-20,23-24,26-27,29-30,32-33,35-37,60H,4-6,8-9,11-15,17-18,21-22,25,28,31,34,38-59H2,1-3H3/b10-7-,19-16-,23-20-,26-24-,30-29-,33-32-,36-35-,37-27-. The number of esters is 3. The lowest BCUT2D eigenvalue weighted by atomic mass is 10.1. The third kappa shape index (κ3) is 55.1. The molecule has 0 radical (unpaired) electrons. The molecule has 6 heteroatoms. The summed E-state index contributed by atoms with van der Waals surface area (Å²) >= 11 is 0. The molecule has 0 fully saturated rings. The van der Waals surface area contributed by atoms with Crippen molar-refractivity contribution in [2.24, 2.45) is 0 Å². The van der Waals surface area contributed by atoms with Crippen molar-refractivity contribution >= 4 is 17.9 Å². The largest absolute Gasteiger partial charge is 0.462 e. The van der Waals surface area contributed by atoms with E-state index >= 15 is 0 Å². The van der Waals surface area contributed by atoms with Gasteiger partial charge in [-0.15, -0.1) is 0 Å². The lowest BCUT2D eigenvalue weighted by Gasteiger charge is -2.18. The van der Waals surface area contributed by atoms with Crippen LogP contribution in [0.1, 0.15) is 265 Å². The van der Waals surface area contributed by atoms with Crippen molar-refractivity contribution in [2.75, 3.05) is 13.2 Å². The molecule has 0 aromatic heterocycles. The molecule has 0 aromatic carbocycles. The average Bonchev–Trinajstić information content (AvgIpc) is 3.35. The Bertz CT molecular complexity index is 1380. The molecule has 6 nitrogen and oxygen atoms in total. The fourth-order valence-electron chi connectivity index (χ4n) is 7.77. The highest BCUT2D eigenvalue weighted by Gasteiger charge is 2.19. The van der Waals surface area contributed by atoms with Gasteiger partial charge < -0.3 is 14.2 Å². The SMILES string of the molecule is CC/C=C\C/C=C\C/C=C\C/C=C\C/C=C\C/C=C\CCCCCCCCC(=O)OCC(COC(=O)CCCCCCCCCCCC)OC(=O)CCCCCCC/C=C\C/C=C\CCCCCC. The zero-order valence-corrected chi connectivity index (χ0v) is 45.0. The van der Waals surface area contributed by atoms with Crippen molar-refractivity contribution in [3.63, 3.8) is 0 Å². The molecule has 0 aliphatic heterocycles. The summed E-state index contributed by atoms with van der Waals surface area (Å²) in [6.07, 6.45) is 75.4. The van der Waals surface area contributed by atoms with Gasteiger partial charge in [-0.05, 0) is 103 Å². The number of rotatable bonds is 51. The predicted molar refractivity (Wildman–Crippen MR) is 297 cm³/mol. The molecule has 1 unspecified atom stereocenters. The third-order valence-electron chi connectivity index (χ3n) is 12.1. The molecule has 0 aliphatic rings. The molecule has 0 aromatic rings. The summed E-state index contributed by atoms with van der Waals surface area (Å²) in [4.78, 5) is 38.1. The fourth-order valence-corrected chi connectivity index (χ4v) is 7.77.